The molecule has 0 fully saturated rings. The number of nitrogens with zero attached hydrogens (tertiary/aromatic N) is 1. The molecule has 0 aliphatic carbocycles. The van der Waals surface area contributed by atoms with Gasteiger partial charge in [-0.15, -0.1) is 0 Å². The molecule has 0 aliphatic rings. The van der Waals surface area contributed by atoms with Crippen LogP contribution in [0, 0.1) is 0 Å². The Morgan fingerprint density at radius 2 is 1.78 bits per heavy atom. The van der Waals surface area contributed by atoms with E-state index in [4.69, 9.17) is 4.74 Å². The van der Waals surface area contributed by atoms with Crippen LogP contribution in [0.2, 0.25) is 0 Å². The van der Waals surface area contributed by atoms with Crippen LogP contribution >= 0.6 is 15.9 Å². The molecular weight excluding hydrogens is 290 g/mol. The minimum Gasteiger partial charge on any atom is -0.438 e. The van der Waals surface area contributed by atoms with Crippen LogP contribution < -0.4 is 4.74 Å². The largest absolute Gasteiger partial charge is 0.438 e. The molecule has 1 heterocycles. The molecule has 0 N–H and O–H groups in total. The van der Waals surface area contributed by atoms with Crippen LogP contribution in [0.1, 0.15) is 26.3 Å². The van der Waals surface area contributed by atoms with Crippen molar-refractivity contribution in [1.29, 1.82) is 0 Å². The normalized spacial score (nSPS) is 11.3. The maximum atomic E-state index is 5.91. The van der Waals surface area contributed by atoms with Gasteiger partial charge in [0.2, 0.25) is 5.88 Å². The first kappa shape index (κ1) is 13.1. The molecule has 0 atom stereocenters. The fourth-order valence-electron chi connectivity index (χ4n) is 1.73. The van der Waals surface area contributed by atoms with Gasteiger partial charge < -0.3 is 4.74 Å². The van der Waals surface area contributed by atoms with Crippen molar-refractivity contribution in [2.45, 2.75) is 26.2 Å². The summed E-state index contributed by atoms with van der Waals surface area (Å²) >= 11 is 3.44. The van der Waals surface area contributed by atoms with Crippen molar-refractivity contribution in [1.82, 2.24) is 4.98 Å². The number of halogens is 1. The molecule has 2 aromatic rings. The Morgan fingerprint density at radius 3 is 2.44 bits per heavy atom. The van der Waals surface area contributed by atoms with Crippen LogP contribution in [-0.2, 0) is 5.41 Å². The van der Waals surface area contributed by atoms with Gasteiger partial charge >= 0.3 is 0 Å². The lowest BCUT2D eigenvalue weighted by Gasteiger charge is -2.22. The Morgan fingerprint density at radius 1 is 1.06 bits per heavy atom. The molecule has 1 aromatic carbocycles. The van der Waals surface area contributed by atoms with E-state index in [1.54, 1.807) is 6.20 Å². The number of benzene rings is 1. The van der Waals surface area contributed by atoms with Crippen molar-refractivity contribution >= 4 is 15.9 Å². The van der Waals surface area contributed by atoms with Crippen molar-refractivity contribution in [2.24, 2.45) is 0 Å². The Balaban J connectivity index is 2.39. The molecule has 0 bridgehead atoms. The first-order valence-electron chi connectivity index (χ1n) is 5.86. The average Bonchev–Trinajstić information content (AvgIpc) is 2.31. The second kappa shape index (κ2) is 5.11. The molecule has 94 valence electrons. The Kier molecular flexibility index (Phi) is 3.71. The molecule has 0 amide bonds. The topological polar surface area (TPSA) is 22.1 Å². The lowest BCUT2D eigenvalue weighted by Crippen LogP contribution is -2.12. The van der Waals surface area contributed by atoms with Crippen molar-refractivity contribution < 1.29 is 4.74 Å². The molecule has 0 spiro atoms. The quantitative estimate of drug-likeness (QED) is 0.784. The van der Waals surface area contributed by atoms with Gasteiger partial charge in [-0.1, -0.05) is 39.0 Å². The van der Waals surface area contributed by atoms with E-state index in [1.165, 1.54) is 5.56 Å². The molecule has 0 unspecified atom stereocenters. The fraction of sp³-hybridized carbons (Fsp3) is 0.267. The van der Waals surface area contributed by atoms with Crippen LogP contribution in [0.3, 0.4) is 0 Å². The molecular formula is C15H16BrNO. The molecule has 0 aliphatic heterocycles. The zero-order valence-electron chi connectivity index (χ0n) is 10.8. The highest BCUT2D eigenvalue weighted by atomic mass is 79.9. The predicted octanol–water partition coefficient (Wildman–Crippen LogP) is 4.93. The highest BCUT2D eigenvalue weighted by molar-refractivity contribution is 9.10. The van der Waals surface area contributed by atoms with Crippen molar-refractivity contribution in [3.63, 3.8) is 0 Å². The SMILES string of the molecule is CC(C)(C)c1ccccc1Oc1ncccc1Br. The Labute approximate surface area is 116 Å². The van der Waals surface area contributed by atoms with Crippen LogP contribution in [-0.4, -0.2) is 4.98 Å². The third kappa shape index (κ3) is 2.91. The lowest BCUT2D eigenvalue weighted by atomic mass is 9.86. The summed E-state index contributed by atoms with van der Waals surface area (Å²) in [5.41, 5.74) is 1.21. The first-order chi connectivity index (χ1) is 8.48. The highest BCUT2D eigenvalue weighted by Crippen LogP contribution is 2.35. The zero-order chi connectivity index (χ0) is 13.2. The summed E-state index contributed by atoms with van der Waals surface area (Å²) in [7, 11) is 0. The van der Waals surface area contributed by atoms with E-state index in [9.17, 15) is 0 Å². The minimum atomic E-state index is 0.0395. The van der Waals surface area contributed by atoms with Gasteiger partial charge in [-0.3, -0.25) is 0 Å². The first-order valence-corrected chi connectivity index (χ1v) is 6.65. The third-order valence-corrected chi connectivity index (χ3v) is 3.23. The summed E-state index contributed by atoms with van der Waals surface area (Å²) in [6, 6.07) is 11.9. The maximum Gasteiger partial charge on any atom is 0.233 e. The van der Waals surface area contributed by atoms with E-state index in [2.05, 4.69) is 47.8 Å². The van der Waals surface area contributed by atoms with Crippen molar-refractivity contribution in [2.75, 3.05) is 0 Å². The van der Waals surface area contributed by atoms with Crippen LogP contribution in [0.15, 0.2) is 47.1 Å². The molecule has 18 heavy (non-hydrogen) atoms. The van der Waals surface area contributed by atoms with Gasteiger partial charge in [0.25, 0.3) is 0 Å². The number of rotatable bonds is 2. The van der Waals surface area contributed by atoms with Gasteiger partial charge in [-0.2, -0.15) is 0 Å². The van der Waals surface area contributed by atoms with Crippen LogP contribution in [0.4, 0.5) is 0 Å². The number of para-hydroxylation sites is 1. The summed E-state index contributed by atoms with van der Waals surface area (Å²) < 4.78 is 6.76. The monoisotopic (exact) mass is 305 g/mol. The number of aromatic nitrogens is 1. The van der Waals surface area contributed by atoms with E-state index in [-0.39, 0.29) is 5.41 Å². The number of hydrogen-bond acceptors (Lipinski definition) is 2. The summed E-state index contributed by atoms with van der Waals surface area (Å²) in [5, 5.41) is 0. The van der Waals surface area contributed by atoms with Crippen LogP contribution in [0.25, 0.3) is 0 Å². The zero-order valence-corrected chi connectivity index (χ0v) is 12.4. The number of pyridine rings is 1. The average molecular weight is 306 g/mol. The number of ether oxygens (including phenoxy) is 1. The fourth-order valence-corrected chi connectivity index (χ4v) is 2.06. The van der Waals surface area contributed by atoms with E-state index in [0.717, 1.165) is 10.2 Å². The standard InChI is InChI=1S/C15H16BrNO/c1-15(2,3)11-7-4-5-9-13(11)18-14-12(16)8-6-10-17-14/h4-10H,1-3H3. The second-order valence-corrected chi connectivity index (χ2v) is 5.99. The van der Waals surface area contributed by atoms with Gasteiger partial charge in [0.15, 0.2) is 0 Å². The Bertz CT molecular complexity index is 546. The van der Waals surface area contributed by atoms with Gasteiger partial charge in [0.05, 0.1) is 4.47 Å². The summed E-state index contributed by atoms with van der Waals surface area (Å²) in [6.07, 6.45) is 1.72. The van der Waals surface area contributed by atoms with Gasteiger partial charge in [0, 0.05) is 11.8 Å². The highest BCUT2D eigenvalue weighted by Gasteiger charge is 2.19. The molecule has 3 heteroatoms. The molecule has 2 rings (SSSR count). The summed E-state index contributed by atoms with van der Waals surface area (Å²) in [4.78, 5) is 4.23. The summed E-state index contributed by atoms with van der Waals surface area (Å²) in [6.45, 7) is 6.51. The van der Waals surface area contributed by atoms with Crippen LogP contribution in [0.5, 0.6) is 11.6 Å². The molecule has 0 saturated carbocycles. The smallest absolute Gasteiger partial charge is 0.233 e. The molecule has 1 aromatic heterocycles. The van der Waals surface area contributed by atoms with E-state index in [0.29, 0.717) is 5.88 Å². The van der Waals surface area contributed by atoms with Crippen molar-refractivity contribution in [3.05, 3.63) is 52.6 Å². The molecule has 2 nitrogen and oxygen atoms in total. The Hall–Kier alpha value is -1.35. The van der Waals surface area contributed by atoms with E-state index in [1.807, 2.05) is 30.3 Å². The number of hydrogen-bond donors (Lipinski definition) is 0. The lowest BCUT2D eigenvalue weighted by molar-refractivity contribution is 0.437. The second-order valence-electron chi connectivity index (χ2n) is 5.14. The van der Waals surface area contributed by atoms with Gasteiger partial charge in [0.1, 0.15) is 5.75 Å². The summed E-state index contributed by atoms with van der Waals surface area (Å²) in [5.74, 6) is 1.44. The minimum absolute atomic E-state index is 0.0395. The van der Waals surface area contributed by atoms with Crippen molar-refractivity contribution in [3.8, 4) is 11.6 Å². The maximum absolute atomic E-state index is 5.91. The van der Waals surface area contributed by atoms with E-state index < -0.39 is 0 Å². The molecule has 0 saturated heterocycles. The van der Waals surface area contributed by atoms with Gasteiger partial charge in [-0.25, -0.2) is 4.98 Å². The van der Waals surface area contributed by atoms with Gasteiger partial charge in [-0.05, 0) is 39.5 Å². The predicted molar refractivity (Wildman–Crippen MR) is 77.2 cm³/mol. The third-order valence-electron chi connectivity index (χ3n) is 2.63. The molecule has 0 radical (unpaired) electrons. The van der Waals surface area contributed by atoms with E-state index >= 15 is 0 Å².